The summed E-state index contributed by atoms with van der Waals surface area (Å²) in [5, 5.41) is 12.8. The molecule has 0 fully saturated rings. The number of hydrogen-bond acceptors (Lipinski definition) is 5. The summed E-state index contributed by atoms with van der Waals surface area (Å²) in [6.07, 6.45) is 2.05. The molecule has 23 heavy (non-hydrogen) atoms. The lowest BCUT2D eigenvalue weighted by atomic mass is 9.81. The van der Waals surface area contributed by atoms with Crippen LogP contribution in [0.2, 0.25) is 8.67 Å². The second-order valence-electron chi connectivity index (χ2n) is 5.62. The van der Waals surface area contributed by atoms with Gasteiger partial charge >= 0.3 is 0 Å². The molecule has 0 atom stereocenters. The first kappa shape index (κ1) is 18.2. The molecule has 0 bridgehead atoms. The van der Waals surface area contributed by atoms with E-state index in [0.717, 1.165) is 29.8 Å². The highest BCUT2D eigenvalue weighted by Crippen LogP contribution is 2.32. The van der Waals surface area contributed by atoms with Crippen LogP contribution in [0.3, 0.4) is 0 Å². The molecule has 0 aromatic carbocycles. The van der Waals surface area contributed by atoms with Crippen molar-refractivity contribution in [3.8, 4) is 0 Å². The SMILES string of the molecule is CCC(C)(CC)c1ccc(N/N=C(\C)c2cc(Cl)sc2Cl)nn1. The number of rotatable bonds is 6. The Bertz CT molecular complexity index is 691. The van der Waals surface area contributed by atoms with Crippen LogP contribution in [0.5, 0.6) is 0 Å². The molecule has 2 aromatic rings. The Balaban J connectivity index is 2.12. The Morgan fingerprint density at radius 1 is 1.26 bits per heavy atom. The molecule has 2 aromatic heterocycles. The van der Waals surface area contributed by atoms with E-state index in [2.05, 4.69) is 41.5 Å². The summed E-state index contributed by atoms with van der Waals surface area (Å²) in [6.45, 7) is 8.40. The highest BCUT2D eigenvalue weighted by Gasteiger charge is 2.24. The van der Waals surface area contributed by atoms with Crippen molar-refractivity contribution in [3.05, 3.63) is 38.1 Å². The van der Waals surface area contributed by atoms with Gasteiger partial charge in [0.15, 0.2) is 5.82 Å². The van der Waals surface area contributed by atoms with Gasteiger partial charge in [-0.1, -0.05) is 44.0 Å². The van der Waals surface area contributed by atoms with Crippen molar-refractivity contribution >= 4 is 46.1 Å². The number of anilines is 1. The molecule has 0 radical (unpaired) electrons. The fourth-order valence-corrected chi connectivity index (χ4v) is 3.68. The van der Waals surface area contributed by atoms with E-state index in [4.69, 9.17) is 23.2 Å². The highest BCUT2D eigenvalue weighted by atomic mass is 35.5. The quantitative estimate of drug-likeness (QED) is 0.519. The van der Waals surface area contributed by atoms with E-state index in [0.29, 0.717) is 14.5 Å². The van der Waals surface area contributed by atoms with Gasteiger partial charge in [-0.2, -0.15) is 10.2 Å². The van der Waals surface area contributed by atoms with Crippen LogP contribution in [0.15, 0.2) is 23.3 Å². The highest BCUT2D eigenvalue weighted by molar-refractivity contribution is 7.20. The maximum absolute atomic E-state index is 6.12. The summed E-state index contributed by atoms with van der Waals surface area (Å²) < 4.78 is 1.27. The topological polar surface area (TPSA) is 50.2 Å². The van der Waals surface area contributed by atoms with Crippen LogP contribution in [-0.4, -0.2) is 15.9 Å². The van der Waals surface area contributed by atoms with Gasteiger partial charge in [-0.3, -0.25) is 5.43 Å². The van der Waals surface area contributed by atoms with Crippen molar-refractivity contribution in [1.29, 1.82) is 0 Å². The molecular weight excluding hydrogens is 351 g/mol. The number of hydrazone groups is 1. The van der Waals surface area contributed by atoms with Gasteiger partial charge in [0.1, 0.15) is 4.34 Å². The van der Waals surface area contributed by atoms with E-state index < -0.39 is 0 Å². The summed E-state index contributed by atoms with van der Waals surface area (Å²) >= 11 is 13.4. The van der Waals surface area contributed by atoms with Gasteiger partial charge < -0.3 is 0 Å². The summed E-state index contributed by atoms with van der Waals surface area (Å²) in [4.78, 5) is 0. The molecule has 2 heterocycles. The number of thiophene rings is 1. The minimum absolute atomic E-state index is 0.0612. The van der Waals surface area contributed by atoms with Crippen molar-refractivity contribution in [2.45, 2.75) is 46.0 Å². The normalized spacial score (nSPS) is 12.5. The summed E-state index contributed by atoms with van der Waals surface area (Å²) in [6, 6.07) is 5.70. The summed E-state index contributed by atoms with van der Waals surface area (Å²) in [7, 11) is 0. The third-order valence-corrected chi connectivity index (χ3v) is 5.72. The first-order chi connectivity index (χ1) is 10.9. The molecule has 0 amide bonds. The van der Waals surface area contributed by atoms with Gasteiger partial charge in [0.05, 0.1) is 15.7 Å². The van der Waals surface area contributed by atoms with E-state index in [1.807, 2.05) is 19.1 Å². The van der Waals surface area contributed by atoms with Crippen molar-refractivity contribution in [2.75, 3.05) is 5.43 Å². The maximum Gasteiger partial charge on any atom is 0.168 e. The smallest absolute Gasteiger partial charge is 0.168 e. The van der Waals surface area contributed by atoms with Crippen LogP contribution in [0, 0.1) is 0 Å². The molecule has 0 saturated heterocycles. The number of nitrogens with zero attached hydrogens (tertiary/aromatic N) is 3. The molecule has 0 aliphatic rings. The molecule has 0 aliphatic heterocycles. The zero-order valence-electron chi connectivity index (χ0n) is 13.7. The van der Waals surface area contributed by atoms with E-state index in [1.165, 1.54) is 11.3 Å². The van der Waals surface area contributed by atoms with Crippen LogP contribution in [0.4, 0.5) is 5.82 Å². The Morgan fingerprint density at radius 3 is 2.43 bits per heavy atom. The number of aromatic nitrogens is 2. The van der Waals surface area contributed by atoms with Crippen molar-refractivity contribution in [2.24, 2.45) is 5.10 Å². The molecule has 7 heteroatoms. The van der Waals surface area contributed by atoms with Crippen LogP contribution in [0.25, 0.3) is 0 Å². The number of nitrogens with one attached hydrogen (secondary N) is 1. The molecule has 0 unspecified atom stereocenters. The van der Waals surface area contributed by atoms with E-state index >= 15 is 0 Å². The maximum atomic E-state index is 6.12. The van der Waals surface area contributed by atoms with Crippen molar-refractivity contribution < 1.29 is 0 Å². The van der Waals surface area contributed by atoms with Gasteiger partial charge in [-0.25, -0.2) is 0 Å². The van der Waals surface area contributed by atoms with Gasteiger partial charge in [-0.15, -0.1) is 16.4 Å². The zero-order valence-corrected chi connectivity index (χ0v) is 16.0. The molecule has 124 valence electrons. The number of halogens is 2. The second-order valence-corrected chi connectivity index (χ2v) is 7.90. The molecule has 1 N–H and O–H groups in total. The molecule has 4 nitrogen and oxygen atoms in total. The molecule has 2 rings (SSSR count). The third-order valence-electron chi connectivity index (χ3n) is 4.23. The average molecular weight is 371 g/mol. The van der Waals surface area contributed by atoms with Gasteiger partial charge in [0.2, 0.25) is 0 Å². The van der Waals surface area contributed by atoms with Gasteiger partial charge in [0, 0.05) is 11.0 Å². The predicted octanol–water partition coefficient (Wildman–Crippen LogP) is 5.76. The molecule has 0 saturated carbocycles. The molecule has 0 spiro atoms. The van der Waals surface area contributed by atoms with Gasteiger partial charge in [0.25, 0.3) is 0 Å². The van der Waals surface area contributed by atoms with E-state index in [-0.39, 0.29) is 5.41 Å². The summed E-state index contributed by atoms with van der Waals surface area (Å²) in [5.41, 5.74) is 5.54. The van der Waals surface area contributed by atoms with Crippen molar-refractivity contribution in [3.63, 3.8) is 0 Å². The molecule has 0 aliphatic carbocycles. The van der Waals surface area contributed by atoms with Crippen LogP contribution < -0.4 is 5.43 Å². The fraction of sp³-hybridized carbons (Fsp3) is 0.438. The monoisotopic (exact) mass is 370 g/mol. The average Bonchev–Trinajstić information content (AvgIpc) is 2.91. The first-order valence-electron chi connectivity index (χ1n) is 7.49. The van der Waals surface area contributed by atoms with E-state index in [9.17, 15) is 0 Å². The van der Waals surface area contributed by atoms with Crippen molar-refractivity contribution in [1.82, 2.24) is 10.2 Å². The van der Waals surface area contributed by atoms with Crippen LogP contribution in [0.1, 0.15) is 51.8 Å². The Labute approximate surface area is 150 Å². The second kappa shape index (κ2) is 7.60. The standard InChI is InChI=1S/C16H20Cl2N4S/c1-5-16(4,6-2)12-7-8-14(22-20-12)21-19-10(3)11-9-13(17)23-15(11)18/h7-9H,5-6H2,1-4H3,(H,21,22)/b19-10+. The molecular formula is C16H20Cl2N4S. The zero-order chi connectivity index (χ0) is 17.0. The largest absolute Gasteiger partial charge is 0.260 e. The van der Waals surface area contributed by atoms with Crippen LogP contribution in [-0.2, 0) is 5.41 Å². The minimum atomic E-state index is 0.0612. The number of hydrogen-bond donors (Lipinski definition) is 1. The van der Waals surface area contributed by atoms with Crippen LogP contribution >= 0.6 is 34.5 Å². The lowest BCUT2D eigenvalue weighted by Gasteiger charge is -2.25. The Hall–Kier alpha value is -1.17. The lowest BCUT2D eigenvalue weighted by Crippen LogP contribution is -2.21. The lowest BCUT2D eigenvalue weighted by molar-refractivity contribution is 0.421. The predicted molar refractivity (Wildman–Crippen MR) is 100 cm³/mol. The minimum Gasteiger partial charge on any atom is -0.260 e. The van der Waals surface area contributed by atoms with Gasteiger partial charge in [-0.05, 0) is 38.0 Å². The first-order valence-corrected chi connectivity index (χ1v) is 9.06. The fourth-order valence-electron chi connectivity index (χ4n) is 2.11. The van der Waals surface area contributed by atoms with E-state index in [1.54, 1.807) is 6.07 Å². The Kier molecular flexibility index (Phi) is 6.00. The Morgan fingerprint density at radius 2 is 1.96 bits per heavy atom. The third kappa shape index (κ3) is 4.22. The summed E-state index contributed by atoms with van der Waals surface area (Å²) in [5.74, 6) is 0.597.